The monoisotopic (exact) mass is 368 g/mol. The van der Waals surface area contributed by atoms with Crippen LogP contribution in [0.4, 0.5) is 5.69 Å². The van der Waals surface area contributed by atoms with E-state index in [1.807, 2.05) is 12.1 Å². The first kappa shape index (κ1) is 20.5. The molecular formula is C22H28N2O3. The van der Waals surface area contributed by atoms with E-state index in [2.05, 4.69) is 17.6 Å². The summed E-state index contributed by atoms with van der Waals surface area (Å²) in [6.07, 6.45) is 6.01. The lowest BCUT2D eigenvalue weighted by Gasteiger charge is -2.08. The Balaban J connectivity index is 1.82. The summed E-state index contributed by atoms with van der Waals surface area (Å²) in [5.74, 6) is 0.416. The van der Waals surface area contributed by atoms with Crippen molar-refractivity contribution in [2.24, 2.45) is 0 Å². The van der Waals surface area contributed by atoms with E-state index in [4.69, 9.17) is 4.74 Å². The quantitative estimate of drug-likeness (QED) is 0.600. The summed E-state index contributed by atoms with van der Waals surface area (Å²) >= 11 is 0. The van der Waals surface area contributed by atoms with Gasteiger partial charge >= 0.3 is 0 Å². The van der Waals surface area contributed by atoms with E-state index in [1.54, 1.807) is 43.4 Å². The summed E-state index contributed by atoms with van der Waals surface area (Å²) in [6, 6.07) is 13.9. The molecule has 5 heteroatoms. The van der Waals surface area contributed by atoms with E-state index < -0.39 is 0 Å². The smallest absolute Gasteiger partial charge is 0.255 e. The fraction of sp³-hybridized carbons (Fsp3) is 0.364. The summed E-state index contributed by atoms with van der Waals surface area (Å²) in [7, 11) is 1.58. The zero-order chi connectivity index (χ0) is 19.5. The van der Waals surface area contributed by atoms with Gasteiger partial charge < -0.3 is 15.4 Å². The topological polar surface area (TPSA) is 67.4 Å². The Hall–Kier alpha value is -2.82. The van der Waals surface area contributed by atoms with E-state index in [0.29, 0.717) is 23.4 Å². The predicted octanol–water partition coefficient (Wildman–Crippen LogP) is 4.65. The molecule has 144 valence electrons. The largest absolute Gasteiger partial charge is 0.494 e. The first-order valence-corrected chi connectivity index (χ1v) is 9.50. The number of benzene rings is 2. The van der Waals surface area contributed by atoms with E-state index >= 15 is 0 Å². The Labute approximate surface area is 161 Å². The zero-order valence-electron chi connectivity index (χ0n) is 16.1. The van der Waals surface area contributed by atoms with Crippen LogP contribution < -0.4 is 15.4 Å². The van der Waals surface area contributed by atoms with Crippen molar-refractivity contribution in [3.8, 4) is 5.75 Å². The molecule has 27 heavy (non-hydrogen) atoms. The second-order valence-corrected chi connectivity index (χ2v) is 6.40. The van der Waals surface area contributed by atoms with Gasteiger partial charge in [0.2, 0.25) is 0 Å². The molecule has 0 bridgehead atoms. The van der Waals surface area contributed by atoms with E-state index in [-0.39, 0.29) is 11.8 Å². The number of ether oxygens (including phenoxy) is 1. The predicted molar refractivity (Wildman–Crippen MR) is 108 cm³/mol. The van der Waals surface area contributed by atoms with Gasteiger partial charge in [-0.25, -0.2) is 0 Å². The molecule has 0 spiro atoms. The molecule has 0 saturated carbocycles. The molecule has 0 aliphatic carbocycles. The second kappa shape index (κ2) is 11.0. The molecule has 5 nitrogen and oxygen atoms in total. The van der Waals surface area contributed by atoms with E-state index in [1.165, 1.54) is 25.7 Å². The SMILES string of the molecule is CCCCCCCOc1ccc(C(=O)Nc2ccc(C(=O)NC)cc2)cc1. The standard InChI is InChI=1S/C22H28N2O3/c1-3-4-5-6-7-16-27-20-14-10-18(11-15-20)22(26)24-19-12-8-17(9-13-19)21(25)23-2/h8-15H,3-7,16H2,1-2H3,(H,23,25)(H,24,26). The Morgan fingerprint density at radius 1 is 0.815 bits per heavy atom. The molecule has 0 radical (unpaired) electrons. The lowest BCUT2D eigenvalue weighted by Crippen LogP contribution is -2.17. The Bertz CT molecular complexity index is 724. The molecule has 0 unspecified atom stereocenters. The minimum absolute atomic E-state index is 0.158. The molecule has 0 heterocycles. The molecule has 0 aliphatic heterocycles. The normalized spacial score (nSPS) is 10.3. The summed E-state index contributed by atoms with van der Waals surface area (Å²) in [6.45, 7) is 2.90. The molecule has 0 fully saturated rings. The molecule has 2 aromatic rings. The number of carbonyl (C=O) groups is 2. The number of anilines is 1. The van der Waals surface area contributed by atoms with Crippen LogP contribution in [0.2, 0.25) is 0 Å². The highest BCUT2D eigenvalue weighted by Gasteiger charge is 2.08. The lowest BCUT2D eigenvalue weighted by molar-refractivity contribution is 0.0962. The molecule has 0 saturated heterocycles. The first-order valence-electron chi connectivity index (χ1n) is 9.50. The molecule has 0 aromatic heterocycles. The van der Waals surface area contributed by atoms with Crippen LogP contribution >= 0.6 is 0 Å². The number of hydrogen-bond acceptors (Lipinski definition) is 3. The molecule has 2 rings (SSSR count). The van der Waals surface area contributed by atoms with Crippen molar-refractivity contribution in [1.82, 2.24) is 5.32 Å². The van der Waals surface area contributed by atoms with Gasteiger partial charge in [-0.15, -0.1) is 0 Å². The third-order valence-electron chi connectivity index (χ3n) is 4.27. The summed E-state index contributed by atoms with van der Waals surface area (Å²) in [5.41, 5.74) is 1.74. The van der Waals surface area contributed by atoms with Crippen molar-refractivity contribution in [3.63, 3.8) is 0 Å². The van der Waals surface area contributed by atoms with Crippen molar-refractivity contribution in [2.45, 2.75) is 39.0 Å². The van der Waals surface area contributed by atoms with Gasteiger partial charge in [-0.1, -0.05) is 32.6 Å². The second-order valence-electron chi connectivity index (χ2n) is 6.40. The number of nitrogens with one attached hydrogen (secondary N) is 2. The summed E-state index contributed by atoms with van der Waals surface area (Å²) in [5, 5.41) is 5.38. The molecule has 2 amide bonds. The van der Waals surface area contributed by atoms with Crippen LogP contribution in [0.25, 0.3) is 0 Å². The van der Waals surface area contributed by atoms with Crippen LogP contribution in [0.3, 0.4) is 0 Å². The molecular weight excluding hydrogens is 340 g/mol. The molecule has 0 atom stereocenters. The van der Waals surface area contributed by atoms with Crippen molar-refractivity contribution < 1.29 is 14.3 Å². The average molecular weight is 368 g/mol. The van der Waals surface area contributed by atoms with Crippen molar-refractivity contribution in [2.75, 3.05) is 19.0 Å². The first-order chi connectivity index (χ1) is 13.1. The van der Waals surface area contributed by atoms with E-state index in [0.717, 1.165) is 12.2 Å². The fourth-order valence-electron chi connectivity index (χ4n) is 2.65. The minimum Gasteiger partial charge on any atom is -0.494 e. The number of carbonyl (C=O) groups excluding carboxylic acids is 2. The van der Waals surface area contributed by atoms with Crippen molar-refractivity contribution >= 4 is 17.5 Å². The third-order valence-corrected chi connectivity index (χ3v) is 4.27. The van der Waals surface area contributed by atoms with Gasteiger partial charge in [-0.3, -0.25) is 9.59 Å². The Kier molecular flexibility index (Phi) is 8.36. The molecule has 0 aliphatic rings. The van der Waals surface area contributed by atoms with Gasteiger partial charge in [-0.05, 0) is 55.0 Å². The van der Waals surface area contributed by atoms with Gasteiger partial charge in [0, 0.05) is 23.9 Å². The van der Waals surface area contributed by atoms with Crippen LogP contribution in [0.1, 0.15) is 59.7 Å². The molecule has 2 aromatic carbocycles. The number of unbranched alkanes of at least 4 members (excludes halogenated alkanes) is 4. The zero-order valence-corrected chi connectivity index (χ0v) is 16.1. The maximum absolute atomic E-state index is 12.3. The maximum atomic E-state index is 12.3. The van der Waals surface area contributed by atoms with Crippen LogP contribution in [-0.2, 0) is 0 Å². The highest BCUT2D eigenvalue weighted by molar-refractivity contribution is 6.04. The number of hydrogen-bond donors (Lipinski definition) is 2. The average Bonchev–Trinajstić information content (AvgIpc) is 2.71. The Morgan fingerprint density at radius 3 is 2.04 bits per heavy atom. The number of rotatable bonds is 10. The van der Waals surface area contributed by atoms with E-state index in [9.17, 15) is 9.59 Å². The van der Waals surface area contributed by atoms with Gasteiger partial charge in [0.15, 0.2) is 0 Å². The lowest BCUT2D eigenvalue weighted by atomic mass is 10.1. The summed E-state index contributed by atoms with van der Waals surface area (Å²) in [4.78, 5) is 23.9. The van der Waals surface area contributed by atoms with Gasteiger partial charge in [0.1, 0.15) is 5.75 Å². The minimum atomic E-state index is -0.200. The van der Waals surface area contributed by atoms with Gasteiger partial charge in [-0.2, -0.15) is 0 Å². The Morgan fingerprint density at radius 2 is 1.41 bits per heavy atom. The molecule has 2 N–H and O–H groups in total. The van der Waals surface area contributed by atoms with Crippen molar-refractivity contribution in [3.05, 3.63) is 59.7 Å². The third kappa shape index (κ3) is 6.77. The number of amides is 2. The van der Waals surface area contributed by atoms with Gasteiger partial charge in [0.25, 0.3) is 11.8 Å². The van der Waals surface area contributed by atoms with Crippen LogP contribution in [0, 0.1) is 0 Å². The van der Waals surface area contributed by atoms with Crippen LogP contribution in [0.15, 0.2) is 48.5 Å². The van der Waals surface area contributed by atoms with Crippen molar-refractivity contribution in [1.29, 1.82) is 0 Å². The highest BCUT2D eigenvalue weighted by atomic mass is 16.5. The van der Waals surface area contributed by atoms with Gasteiger partial charge in [0.05, 0.1) is 6.61 Å². The van der Waals surface area contributed by atoms with Crippen LogP contribution in [0.5, 0.6) is 5.75 Å². The van der Waals surface area contributed by atoms with Crippen LogP contribution in [-0.4, -0.2) is 25.5 Å². The highest BCUT2D eigenvalue weighted by Crippen LogP contribution is 2.16. The fourth-order valence-corrected chi connectivity index (χ4v) is 2.65. The maximum Gasteiger partial charge on any atom is 0.255 e. The summed E-state index contributed by atoms with van der Waals surface area (Å²) < 4.78 is 5.72.